The molecule has 0 aromatic heterocycles. The molecular formula is C15H20BrNO. The maximum Gasteiger partial charge on any atom is 0.0733 e. The quantitative estimate of drug-likeness (QED) is 0.921. The smallest absolute Gasteiger partial charge is 0.0733 e. The summed E-state index contributed by atoms with van der Waals surface area (Å²) in [6.07, 6.45) is 5.81. The van der Waals surface area contributed by atoms with E-state index in [9.17, 15) is 0 Å². The van der Waals surface area contributed by atoms with Gasteiger partial charge in [-0.25, -0.2) is 0 Å². The zero-order valence-corrected chi connectivity index (χ0v) is 12.3. The Labute approximate surface area is 117 Å². The van der Waals surface area contributed by atoms with E-state index in [4.69, 9.17) is 4.74 Å². The van der Waals surface area contributed by atoms with Crippen molar-refractivity contribution in [2.75, 3.05) is 0 Å². The van der Waals surface area contributed by atoms with Gasteiger partial charge in [-0.3, -0.25) is 0 Å². The van der Waals surface area contributed by atoms with Crippen molar-refractivity contribution in [1.29, 1.82) is 0 Å². The van der Waals surface area contributed by atoms with E-state index in [0.29, 0.717) is 24.3 Å². The van der Waals surface area contributed by atoms with E-state index in [1.165, 1.54) is 24.8 Å². The summed E-state index contributed by atoms with van der Waals surface area (Å²) in [5.74, 6) is 0. The third kappa shape index (κ3) is 2.79. The van der Waals surface area contributed by atoms with Crippen LogP contribution in [0.25, 0.3) is 0 Å². The van der Waals surface area contributed by atoms with Crippen molar-refractivity contribution in [2.24, 2.45) is 0 Å². The van der Waals surface area contributed by atoms with Gasteiger partial charge in [0.15, 0.2) is 0 Å². The van der Waals surface area contributed by atoms with E-state index in [1.54, 1.807) is 0 Å². The van der Waals surface area contributed by atoms with Crippen molar-refractivity contribution < 1.29 is 4.74 Å². The molecule has 98 valence electrons. The van der Waals surface area contributed by atoms with Gasteiger partial charge in [-0.15, -0.1) is 0 Å². The summed E-state index contributed by atoms with van der Waals surface area (Å²) in [5, 5.41) is 3.74. The van der Waals surface area contributed by atoms with Gasteiger partial charge in [0.2, 0.25) is 0 Å². The monoisotopic (exact) mass is 309 g/mol. The third-order valence-corrected chi connectivity index (χ3v) is 4.59. The second-order valence-electron chi connectivity index (χ2n) is 5.61. The summed E-state index contributed by atoms with van der Waals surface area (Å²) >= 11 is 3.47. The zero-order valence-electron chi connectivity index (χ0n) is 10.7. The topological polar surface area (TPSA) is 21.3 Å². The normalized spacial score (nSPS) is 31.8. The molecule has 0 saturated carbocycles. The van der Waals surface area contributed by atoms with Gasteiger partial charge in [0.05, 0.1) is 12.2 Å². The molecule has 18 heavy (non-hydrogen) atoms. The van der Waals surface area contributed by atoms with E-state index in [2.05, 4.69) is 52.4 Å². The number of rotatable bonds is 4. The second-order valence-corrected chi connectivity index (χ2v) is 6.53. The number of nitrogens with one attached hydrogen (secondary N) is 1. The predicted molar refractivity (Wildman–Crippen MR) is 76.7 cm³/mol. The maximum absolute atomic E-state index is 5.88. The Bertz CT molecular complexity index is 405. The van der Waals surface area contributed by atoms with Gasteiger partial charge in [0, 0.05) is 16.6 Å². The molecule has 0 spiro atoms. The molecule has 2 saturated heterocycles. The number of hydrogen-bond donors (Lipinski definition) is 1. The fourth-order valence-corrected chi connectivity index (χ4v) is 3.48. The molecule has 2 bridgehead atoms. The predicted octanol–water partition coefficient (Wildman–Crippen LogP) is 3.29. The molecule has 2 nitrogen and oxygen atoms in total. The van der Waals surface area contributed by atoms with E-state index >= 15 is 0 Å². The zero-order chi connectivity index (χ0) is 12.5. The average molecular weight is 310 g/mol. The van der Waals surface area contributed by atoms with Gasteiger partial charge in [0.1, 0.15) is 0 Å². The molecule has 3 heteroatoms. The standard InChI is InChI=1S/C15H20BrNO/c1-10(8-11-2-4-12(16)5-3-11)17-14-9-13-6-7-15(14)18-13/h2-5,10,13-15,17H,6-9H2,1H3. The summed E-state index contributed by atoms with van der Waals surface area (Å²) < 4.78 is 7.03. The summed E-state index contributed by atoms with van der Waals surface area (Å²) in [7, 11) is 0. The van der Waals surface area contributed by atoms with Crippen molar-refractivity contribution >= 4 is 15.9 Å². The van der Waals surface area contributed by atoms with Crippen molar-refractivity contribution in [3.05, 3.63) is 34.3 Å². The molecule has 1 aromatic rings. The molecule has 1 aromatic carbocycles. The third-order valence-electron chi connectivity index (χ3n) is 4.06. The molecule has 2 fully saturated rings. The summed E-state index contributed by atoms with van der Waals surface area (Å²) in [6, 6.07) is 9.71. The lowest BCUT2D eigenvalue weighted by Crippen LogP contribution is -2.43. The van der Waals surface area contributed by atoms with Gasteiger partial charge >= 0.3 is 0 Å². The number of fused-ring (bicyclic) bond motifs is 2. The van der Waals surface area contributed by atoms with Crippen LogP contribution in [0.5, 0.6) is 0 Å². The highest BCUT2D eigenvalue weighted by molar-refractivity contribution is 9.10. The Morgan fingerprint density at radius 3 is 2.72 bits per heavy atom. The summed E-state index contributed by atoms with van der Waals surface area (Å²) in [5.41, 5.74) is 1.39. The van der Waals surface area contributed by atoms with Crippen LogP contribution in [-0.4, -0.2) is 24.3 Å². The largest absolute Gasteiger partial charge is 0.373 e. The highest BCUT2D eigenvalue weighted by Crippen LogP contribution is 2.34. The first-order chi connectivity index (χ1) is 8.70. The molecule has 4 atom stereocenters. The molecule has 2 aliphatic heterocycles. The highest BCUT2D eigenvalue weighted by atomic mass is 79.9. The average Bonchev–Trinajstić information content (AvgIpc) is 2.94. The number of hydrogen-bond acceptors (Lipinski definition) is 2. The van der Waals surface area contributed by atoms with Gasteiger partial charge in [0.25, 0.3) is 0 Å². The SMILES string of the molecule is CC(Cc1ccc(Br)cc1)NC1CC2CCC1O2. The first-order valence-corrected chi connectivity index (χ1v) is 7.66. The lowest BCUT2D eigenvalue weighted by atomic mass is 9.94. The highest BCUT2D eigenvalue weighted by Gasteiger charge is 2.40. The second kappa shape index (κ2) is 5.32. The van der Waals surface area contributed by atoms with Crippen molar-refractivity contribution in [3.63, 3.8) is 0 Å². The van der Waals surface area contributed by atoms with Crippen LogP contribution < -0.4 is 5.32 Å². The van der Waals surface area contributed by atoms with E-state index in [0.717, 1.165) is 10.9 Å². The molecule has 4 unspecified atom stereocenters. The van der Waals surface area contributed by atoms with Crippen molar-refractivity contribution in [2.45, 2.75) is 56.9 Å². The first-order valence-electron chi connectivity index (χ1n) is 6.86. The van der Waals surface area contributed by atoms with Crippen LogP contribution in [0.15, 0.2) is 28.7 Å². The molecule has 0 radical (unpaired) electrons. The van der Waals surface area contributed by atoms with Gasteiger partial charge < -0.3 is 10.1 Å². The van der Waals surface area contributed by atoms with Crippen molar-refractivity contribution in [3.8, 4) is 0 Å². The number of ether oxygens (including phenoxy) is 1. The fourth-order valence-electron chi connectivity index (χ4n) is 3.21. The number of benzene rings is 1. The Hall–Kier alpha value is -0.380. The molecule has 0 amide bonds. The van der Waals surface area contributed by atoms with Gasteiger partial charge in [-0.1, -0.05) is 28.1 Å². The minimum absolute atomic E-state index is 0.474. The molecule has 2 aliphatic rings. The van der Waals surface area contributed by atoms with Gasteiger partial charge in [-0.05, 0) is 50.3 Å². The summed E-state index contributed by atoms with van der Waals surface area (Å²) in [4.78, 5) is 0. The maximum atomic E-state index is 5.88. The Balaban J connectivity index is 1.52. The Morgan fingerprint density at radius 2 is 2.11 bits per heavy atom. The van der Waals surface area contributed by atoms with E-state index in [1.807, 2.05) is 0 Å². The fraction of sp³-hybridized carbons (Fsp3) is 0.600. The lowest BCUT2D eigenvalue weighted by Gasteiger charge is -2.24. The molecular weight excluding hydrogens is 290 g/mol. The van der Waals surface area contributed by atoms with Crippen LogP contribution in [0.3, 0.4) is 0 Å². The van der Waals surface area contributed by atoms with Crippen LogP contribution in [0, 0.1) is 0 Å². The van der Waals surface area contributed by atoms with E-state index in [-0.39, 0.29) is 0 Å². The van der Waals surface area contributed by atoms with E-state index < -0.39 is 0 Å². The van der Waals surface area contributed by atoms with Crippen LogP contribution in [0.1, 0.15) is 31.7 Å². The van der Waals surface area contributed by atoms with Crippen LogP contribution in [-0.2, 0) is 11.2 Å². The summed E-state index contributed by atoms with van der Waals surface area (Å²) in [6.45, 7) is 2.27. The Kier molecular flexibility index (Phi) is 3.73. The lowest BCUT2D eigenvalue weighted by molar-refractivity contribution is 0.0962. The van der Waals surface area contributed by atoms with Crippen LogP contribution in [0.4, 0.5) is 0 Å². The van der Waals surface area contributed by atoms with Crippen molar-refractivity contribution in [1.82, 2.24) is 5.32 Å². The molecule has 3 rings (SSSR count). The first kappa shape index (κ1) is 12.6. The molecule has 2 heterocycles. The Morgan fingerprint density at radius 1 is 1.33 bits per heavy atom. The van der Waals surface area contributed by atoms with Crippen LogP contribution in [0.2, 0.25) is 0 Å². The van der Waals surface area contributed by atoms with Gasteiger partial charge in [-0.2, -0.15) is 0 Å². The molecule has 0 aliphatic carbocycles. The minimum Gasteiger partial charge on any atom is -0.373 e. The number of halogens is 1. The molecule has 1 N–H and O–H groups in total. The van der Waals surface area contributed by atoms with Crippen LogP contribution >= 0.6 is 15.9 Å². The minimum atomic E-state index is 0.474.